The molecule has 7 heteroatoms. The molecule has 0 heterocycles. The van der Waals surface area contributed by atoms with E-state index in [-0.39, 0.29) is 5.84 Å². The van der Waals surface area contributed by atoms with Crippen LogP contribution in [0, 0.1) is 5.82 Å². The molecule has 0 aliphatic heterocycles. The highest BCUT2D eigenvalue weighted by Crippen LogP contribution is 2.10. The molecule has 0 saturated carbocycles. The second kappa shape index (κ2) is 7.35. The Bertz CT molecular complexity index is 504. The van der Waals surface area contributed by atoms with E-state index in [0.717, 1.165) is 0 Å². The number of likely N-dealkylation sites (N-methyl/N-ethyl adjacent to an activating group) is 1. The Morgan fingerprint density at radius 2 is 2.10 bits per heavy atom. The predicted octanol–water partition coefficient (Wildman–Crippen LogP) is 0.322. The summed E-state index contributed by atoms with van der Waals surface area (Å²) in [5.41, 5.74) is 5.53. The molecule has 0 aliphatic rings. The monoisotopic (exact) mass is 298 g/mol. The standard InChI is InChI=1S/C14H23FN4O2/c1-14(20,9-19(2)3)8-17-7-10-4-11(13(16)18-21)6-12(15)5-10/h4-6,17,20-21H,7-9H2,1-3H3,(H2,16,18). The summed E-state index contributed by atoms with van der Waals surface area (Å²) < 4.78 is 13.5. The number of hydrogen-bond donors (Lipinski definition) is 4. The van der Waals surface area contributed by atoms with Crippen LogP contribution in [-0.2, 0) is 6.54 Å². The molecule has 118 valence electrons. The lowest BCUT2D eigenvalue weighted by Crippen LogP contribution is -2.45. The summed E-state index contributed by atoms with van der Waals surface area (Å²) in [6, 6.07) is 4.19. The first-order valence-electron chi connectivity index (χ1n) is 6.59. The maximum atomic E-state index is 13.5. The Kier molecular flexibility index (Phi) is 6.07. The van der Waals surface area contributed by atoms with Crippen molar-refractivity contribution in [3.8, 4) is 0 Å². The summed E-state index contributed by atoms with van der Waals surface area (Å²) in [5, 5.41) is 24.7. The summed E-state index contributed by atoms with van der Waals surface area (Å²) >= 11 is 0. The molecule has 0 spiro atoms. The van der Waals surface area contributed by atoms with Gasteiger partial charge in [0.25, 0.3) is 0 Å². The van der Waals surface area contributed by atoms with Crippen LogP contribution in [-0.4, -0.2) is 53.8 Å². The van der Waals surface area contributed by atoms with Gasteiger partial charge in [0.05, 0.1) is 5.60 Å². The minimum Gasteiger partial charge on any atom is -0.409 e. The van der Waals surface area contributed by atoms with Crippen molar-refractivity contribution >= 4 is 5.84 Å². The highest BCUT2D eigenvalue weighted by Gasteiger charge is 2.20. The van der Waals surface area contributed by atoms with Crippen LogP contribution in [0.2, 0.25) is 0 Å². The molecule has 5 N–H and O–H groups in total. The van der Waals surface area contributed by atoms with Gasteiger partial charge in [-0.2, -0.15) is 0 Å². The van der Waals surface area contributed by atoms with Crippen molar-refractivity contribution in [2.24, 2.45) is 10.9 Å². The molecule has 1 aromatic carbocycles. The minimum absolute atomic E-state index is 0.143. The minimum atomic E-state index is -0.884. The first kappa shape index (κ1) is 17.4. The number of halogens is 1. The van der Waals surface area contributed by atoms with E-state index in [1.54, 1.807) is 13.0 Å². The Morgan fingerprint density at radius 1 is 1.43 bits per heavy atom. The largest absolute Gasteiger partial charge is 0.409 e. The molecule has 21 heavy (non-hydrogen) atoms. The number of rotatable bonds is 7. The summed E-state index contributed by atoms with van der Waals surface area (Å²) in [4.78, 5) is 1.89. The molecule has 0 radical (unpaired) electrons. The van der Waals surface area contributed by atoms with Gasteiger partial charge in [0.15, 0.2) is 5.84 Å². The van der Waals surface area contributed by atoms with E-state index in [1.165, 1.54) is 12.1 Å². The molecular weight excluding hydrogens is 275 g/mol. The number of benzene rings is 1. The molecule has 1 rings (SSSR count). The highest BCUT2D eigenvalue weighted by molar-refractivity contribution is 5.97. The van der Waals surface area contributed by atoms with Gasteiger partial charge >= 0.3 is 0 Å². The second-order valence-electron chi connectivity index (χ2n) is 5.67. The fourth-order valence-electron chi connectivity index (χ4n) is 2.17. The lowest BCUT2D eigenvalue weighted by Gasteiger charge is -2.27. The average Bonchev–Trinajstić information content (AvgIpc) is 2.35. The van der Waals surface area contributed by atoms with Crippen molar-refractivity contribution in [2.45, 2.75) is 19.1 Å². The van der Waals surface area contributed by atoms with Crippen molar-refractivity contribution in [3.63, 3.8) is 0 Å². The summed E-state index contributed by atoms with van der Waals surface area (Å²) in [6.45, 7) is 2.97. The third-order valence-electron chi connectivity index (χ3n) is 2.85. The zero-order valence-corrected chi connectivity index (χ0v) is 12.6. The van der Waals surface area contributed by atoms with E-state index >= 15 is 0 Å². The van der Waals surface area contributed by atoms with Gasteiger partial charge in [-0.25, -0.2) is 4.39 Å². The van der Waals surface area contributed by atoms with Gasteiger partial charge in [0.1, 0.15) is 5.82 Å². The molecule has 0 aromatic heterocycles. The first-order chi connectivity index (χ1) is 9.73. The molecule has 0 saturated heterocycles. The highest BCUT2D eigenvalue weighted by atomic mass is 19.1. The van der Waals surface area contributed by atoms with Crippen LogP contribution in [0.3, 0.4) is 0 Å². The molecule has 6 nitrogen and oxygen atoms in total. The van der Waals surface area contributed by atoms with Gasteiger partial charge in [-0.3, -0.25) is 0 Å². The SMILES string of the molecule is CN(C)CC(C)(O)CNCc1cc(F)cc(/C(N)=N/O)c1. The Morgan fingerprint density at radius 3 is 2.67 bits per heavy atom. The maximum absolute atomic E-state index is 13.5. The van der Waals surface area contributed by atoms with Gasteiger partial charge in [-0.05, 0) is 44.8 Å². The fraction of sp³-hybridized carbons (Fsp3) is 0.500. The van der Waals surface area contributed by atoms with E-state index < -0.39 is 11.4 Å². The van der Waals surface area contributed by atoms with Gasteiger partial charge < -0.3 is 26.3 Å². The smallest absolute Gasteiger partial charge is 0.170 e. The van der Waals surface area contributed by atoms with E-state index in [9.17, 15) is 9.50 Å². The fourth-order valence-corrected chi connectivity index (χ4v) is 2.17. The molecule has 0 aliphatic carbocycles. The number of amidine groups is 1. The van der Waals surface area contributed by atoms with E-state index in [2.05, 4.69) is 10.5 Å². The second-order valence-corrected chi connectivity index (χ2v) is 5.67. The van der Waals surface area contributed by atoms with Crippen molar-refractivity contribution < 1.29 is 14.7 Å². The number of nitrogens with zero attached hydrogens (tertiary/aromatic N) is 2. The number of aliphatic hydroxyl groups is 1. The number of nitrogens with one attached hydrogen (secondary N) is 1. The molecule has 1 atom stereocenters. The third-order valence-corrected chi connectivity index (χ3v) is 2.85. The predicted molar refractivity (Wildman–Crippen MR) is 79.8 cm³/mol. The molecule has 0 bridgehead atoms. The summed E-state index contributed by atoms with van der Waals surface area (Å²) in [6.07, 6.45) is 0. The maximum Gasteiger partial charge on any atom is 0.170 e. The van der Waals surface area contributed by atoms with Crippen LogP contribution >= 0.6 is 0 Å². The lowest BCUT2D eigenvalue weighted by atomic mass is 10.1. The van der Waals surface area contributed by atoms with E-state index in [0.29, 0.717) is 30.8 Å². The molecular formula is C14H23FN4O2. The topological polar surface area (TPSA) is 94.1 Å². The molecule has 0 amide bonds. The zero-order valence-electron chi connectivity index (χ0n) is 12.6. The van der Waals surface area contributed by atoms with Crippen LogP contribution in [0.1, 0.15) is 18.1 Å². The van der Waals surface area contributed by atoms with Gasteiger partial charge in [-0.1, -0.05) is 5.16 Å². The van der Waals surface area contributed by atoms with Gasteiger partial charge in [0.2, 0.25) is 0 Å². The third kappa shape index (κ3) is 6.07. The molecule has 0 fully saturated rings. The molecule has 1 unspecified atom stereocenters. The quantitative estimate of drug-likeness (QED) is 0.252. The van der Waals surface area contributed by atoms with Crippen molar-refractivity contribution in [1.82, 2.24) is 10.2 Å². The zero-order chi connectivity index (χ0) is 16.0. The summed E-state index contributed by atoms with van der Waals surface area (Å²) in [5.74, 6) is -0.605. The van der Waals surface area contributed by atoms with Gasteiger partial charge in [-0.15, -0.1) is 0 Å². The van der Waals surface area contributed by atoms with E-state index in [1.807, 2.05) is 19.0 Å². The van der Waals surface area contributed by atoms with Gasteiger partial charge in [0, 0.05) is 25.2 Å². The Hall–Kier alpha value is -1.70. The Labute approximate surface area is 124 Å². The van der Waals surface area contributed by atoms with Crippen LogP contribution in [0.5, 0.6) is 0 Å². The van der Waals surface area contributed by atoms with Crippen molar-refractivity contribution in [1.29, 1.82) is 0 Å². The van der Waals surface area contributed by atoms with Crippen molar-refractivity contribution in [2.75, 3.05) is 27.2 Å². The summed E-state index contributed by atoms with van der Waals surface area (Å²) in [7, 11) is 3.76. The van der Waals surface area contributed by atoms with E-state index in [4.69, 9.17) is 10.9 Å². The average molecular weight is 298 g/mol. The number of nitrogens with two attached hydrogens (primary N) is 1. The lowest BCUT2D eigenvalue weighted by molar-refractivity contribution is 0.0336. The van der Waals surface area contributed by atoms with Crippen LogP contribution < -0.4 is 11.1 Å². The van der Waals surface area contributed by atoms with Crippen LogP contribution in [0.15, 0.2) is 23.4 Å². The normalized spacial score (nSPS) is 15.2. The molecule has 1 aromatic rings. The number of hydrogen-bond acceptors (Lipinski definition) is 5. The first-order valence-corrected chi connectivity index (χ1v) is 6.59. The number of oxime groups is 1. The Balaban J connectivity index is 2.66. The van der Waals surface area contributed by atoms with Crippen molar-refractivity contribution in [3.05, 3.63) is 35.1 Å². The van der Waals surface area contributed by atoms with Crippen LogP contribution in [0.4, 0.5) is 4.39 Å². The van der Waals surface area contributed by atoms with Crippen LogP contribution in [0.25, 0.3) is 0 Å².